The fraction of sp³-hybridized carbons (Fsp3) is 0.0952. The van der Waals surface area contributed by atoms with Gasteiger partial charge in [-0.25, -0.2) is 0 Å². The van der Waals surface area contributed by atoms with Crippen molar-refractivity contribution in [2.24, 2.45) is 0 Å². The maximum Gasteiger partial charge on any atom is 0.270 e. The van der Waals surface area contributed by atoms with E-state index in [2.05, 4.69) is 5.32 Å². The Morgan fingerprint density at radius 3 is 2.26 bits per heavy atom. The molecule has 0 aromatic heterocycles. The summed E-state index contributed by atoms with van der Waals surface area (Å²) in [6, 6.07) is 21.1. The van der Waals surface area contributed by atoms with E-state index in [1.807, 2.05) is 30.3 Å². The van der Waals surface area contributed by atoms with Gasteiger partial charge in [-0.1, -0.05) is 53.5 Å². The Labute approximate surface area is 167 Å². The van der Waals surface area contributed by atoms with Gasteiger partial charge in [-0.2, -0.15) is 0 Å². The number of ether oxygens (including phenoxy) is 2. The first-order valence-electron chi connectivity index (χ1n) is 8.18. The van der Waals surface area contributed by atoms with E-state index in [1.54, 1.807) is 49.6 Å². The maximum absolute atomic E-state index is 12.9. The van der Waals surface area contributed by atoms with E-state index < -0.39 is 6.10 Å². The largest absolute Gasteiger partial charge is 0.497 e. The number of benzene rings is 3. The van der Waals surface area contributed by atoms with Gasteiger partial charge in [0.2, 0.25) is 6.10 Å². The Morgan fingerprint density at radius 1 is 0.926 bits per heavy atom. The first-order valence-corrected chi connectivity index (χ1v) is 8.94. The standard InChI is InChI=1S/C21H17Cl2NO3/c1-26-16-8-10-17(11-9-16)27-20(14-5-3-2-4-6-14)21(25)24-19-13-15(22)7-12-18(19)23/h2-13,20H,1H3,(H,24,25)/t20-/m1/s1. The highest BCUT2D eigenvalue weighted by molar-refractivity contribution is 6.35. The lowest BCUT2D eigenvalue weighted by molar-refractivity contribution is -0.123. The fourth-order valence-electron chi connectivity index (χ4n) is 2.48. The molecule has 0 fully saturated rings. The molecular weight excluding hydrogens is 385 g/mol. The minimum Gasteiger partial charge on any atom is -0.497 e. The zero-order valence-electron chi connectivity index (χ0n) is 14.5. The summed E-state index contributed by atoms with van der Waals surface area (Å²) in [5.74, 6) is 0.881. The summed E-state index contributed by atoms with van der Waals surface area (Å²) < 4.78 is 11.1. The molecule has 0 spiro atoms. The molecule has 0 unspecified atom stereocenters. The highest BCUT2D eigenvalue weighted by atomic mass is 35.5. The maximum atomic E-state index is 12.9. The van der Waals surface area contributed by atoms with Crippen LogP contribution in [0.5, 0.6) is 11.5 Å². The van der Waals surface area contributed by atoms with Gasteiger partial charge in [0.15, 0.2) is 0 Å². The molecule has 0 saturated carbocycles. The van der Waals surface area contributed by atoms with E-state index >= 15 is 0 Å². The second-order valence-corrected chi connectivity index (χ2v) is 6.54. The second-order valence-electron chi connectivity index (χ2n) is 5.70. The van der Waals surface area contributed by atoms with Gasteiger partial charge in [-0.15, -0.1) is 0 Å². The summed E-state index contributed by atoms with van der Waals surface area (Å²) in [5, 5.41) is 3.65. The average molecular weight is 402 g/mol. The molecule has 3 rings (SSSR count). The smallest absolute Gasteiger partial charge is 0.270 e. The summed E-state index contributed by atoms with van der Waals surface area (Å²) in [6.45, 7) is 0. The van der Waals surface area contributed by atoms with Gasteiger partial charge in [0.05, 0.1) is 17.8 Å². The number of hydrogen-bond acceptors (Lipinski definition) is 3. The third-order valence-electron chi connectivity index (χ3n) is 3.84. The number of hydrogen-bond donors (Lipinski definition) is 1. The zero-order valence-corrected chi connectivity index (χ0v) is 16.0. The van der Waals surface area contributed by atoms with Crippen molar-refractivity contribution in [2.45, 2.75) is 6.10 Å². The van der Waals surface area contributed by atoms with Gasteiger partial charge in [-0.3, -0.25) is 4.79 Å². The number of nitrogens with one attached hydrogen (secondary N) is 1. The van der Waals surface area contributed by atoms with Crippen LogP contribution in [0.25, 0.3) is 0 Å². The third-order valence-corrected chi connectivity index (χ3v) is 4.40. The summed E-state index contributed by atoms with van der Waals surface area (Å²) in [4.78, 5) is 12.9. The Morgan fingerprint density at radius 2 is 1.59 bits per heavy atom. The molecule has 3 aromatic rings. The van der Waals surface area contributed by atoms with Crippen molar-refractivity contribution in [1.82, 2.24) is 0 Å². The second kappa shape index (κ2) is 8.80. The average Bonchev–Trinajstić information content (AvgIpc) is 2.70. The van der Waals surface area contributed by atoms with Crippen LogP contribution < -0.4 is 14.8 Å². The number of carbonyl (C=O) groups excluding carboxylic acids is 1. The van der Waals surface area contributed by atoms with E-state index in [4.69, 9.17) is 32.7 Å². The summed E-state index contributed by atoms with van der Waals surface area (Å²) in [6.07, 6.45) is -0.866. The molecule has 138 valence electrons. The van der Waals surface area contributed by atoms with Crippen molar-refractivity contribution in [3.05, 3.63) is 88.4 Å². The monoisotopic (exact) mass is 401 g/mol. The fourth-order valence-corrected chi connectivity index (χ4v) is 2.82. The zero-order chi connectivity index (χ0) is 19.2. The summed E-state index contributed by atoms with van der Waals surface area (Å²) in [5.41, 5.74) is 1.14. The van der Waals surface area contributed by atoms with Crippen LogP contribution in [0.2, 0.25) is 10.0 Å². The number of anilines is 1. The third kappa shape index (κ3) is 4.94. The molecule has 1 N–H and O–H groups in total. The highest BCUT2D eigenvalue weighted by Gasteiger charge is 2.23. The highest BCUT2D eigenvalue weighted by Crippen LogP contribution is 2.29. The van der Waals surface area contributed by atoms with Gasteiger partial charge >= 0.3 is 0 Å². The van der Waals surface area contributed by atoms with E-state index in [0.29, 0.717) is 32.8 Å². The predicted molar refractivity (Wildman–Crippen MR) is 108 cm³/mol. The Hall–Kier alpha value is -2.69. The van der Waals surface area contributed by atoms with Crippen molar-refractivity contribution in [2.75, 3.05) is 12.4 Å². The minimum absolute atomic E-state index is 0.360. The van der Waals surface area contributed by atoms with Crippen molar-refractivity contribution in [1.29, 1.82) is 0 Å². The van der Waals surface area contributed by atoms with Crippen molar-refractivity contribution < 1.29 is 14.3 Å². The Bertz CT molecular complexity index is 914. The molecule has 0 heterocycles. The minimum atomic E-state index is -0.866. The number of carbonyl (C=O) groups is 1. The van der Waals surface area contributed by atoms with Crippen molar-refractivity contribution in [3.63, 3.8) is 0 Å². The number of methoxy groups -OCH3 is 1. The Balaban J connectivity index is 1.87. The Kier molecular flexibility index (Phi) is 6.22. The molecule has 6 heteroatoms. The van der Waals surface area contributed by atoms with E-state index in [0.717, 1.165) is 0 Å². The van der Waals surface area contributed by atoms with Crippen LogP contribution in [0.15, 0.2) is 72.8 Å². The van der Waals surface area contributed by atoms with Gasteiger partial charge in [0.25, 0.3) is 5.91 Å². The van der Waals surface area contributed by atoms with Crippen LogP contribution in [-0.2, 0) is 4.79 Å². The normalized spacial score (nSPS) is 11.5. The van der Waals surface area contributed by atoms with E-state index in [9.17, 15) is 4.79 Å². The SMILES string of the molecule is COc1ccc(O[C@@H](C(=O)Nc2cc(Cl)ccc2Cl)c2ccccc2)cc1. The molecular formula is C21H17Cl2NO3. The first-order chi connectivity index (χ1) is 13.1. The molecule has 27 heavy (non-hydrogen) atoms. The molecule has 1 atom stereocenters. The molecule has 4 nitrogen and oxygen atoms in total. The quantitative estimate of drug-likeness (QED) is 0.570. The lowest BCUT2D eigenvalue weighted by Gasteiger charge is -2.20. The molecule has 0 saturated heterocycles. The predicted octanol–water partition coefficient (Wildman–Crippen LogP) is 5.76. The molecule has 0 aliphatic rings. The number of rotatable bonds is 6. The van der Waals surface area contributed by atoms with Gasteiger partial charge in [0, 0.05) is 10.6 Å². The molecule has 0 aliphatic heterocycles. The van der Waals surface area contributed by atoms with Gasteiger partial charge < -0.3 is 14.8 Å². The lowest BCUT2D eigenvalue weighted by Crippen LogP contribution is -2.25. The van der Waals surface area contributed by atoms with Gasteiger partial charge in [-0.05, 0) is 42.5 Å². The molecule has 1 amide bonds. The van der Waals surface area contributed by atoms with Crippen LogP contribution in [0.4, 0.5) is 5.69 Å². The molecule has 3 aromatic carbocycles. The van der Waals surface area contributed by atoms with Crippen LogP contribution >= 0.6 is 23.2 Å². The topological polar surface area (TPSA) is 47.6 Å². The number of halogens is 2. The molecule has 0 bridgehead atoms. The number of amides is 1. The van der Waals surface area contributed by atoms with E-state index in [1.165, 1.54) is 0 Å². The summed E-state index contributed by atoms with van der Waals surface area (Å²) in [7, 11) is 1.59. The van der Waals surface area contributed by atoms with Crippen LogP contribution in [0.3, 0.4) is 0 Å². The van der Waals surface area contributed by atoms with Crippen LogP contribution in [0.1, 0.15) is 11.7 Å². The molecule has 0 aliphatic carbocycles. The van der Waals surface area contributed by atoms with E-state index in [-0.39, 0.29) is 5.91 Å². The summed E-state index contributed by atoms with van der Waals surface area (Å²) >= 11 is 12.2. The van der Waals surface area contributed by atoms with Crippen LogP contribution in [0, 0.1) is 0 Å². The first kappa shape index (κ1) is 19.1. The molecule has 0 radical (unpaired) electrons. The van der Waals surface area contributed by atoms with Crippen molar-refractivity contribution in [3.8, 4) is 11.5 Å². The van der Waals surface area contributed by atoms with Crippen LogP contribution in [-0.4, -0.2) is 13.0 Å². The van der Waals surface area contributed by atoms with Crippen molar-refractivity contribution >= 4 is 34.8 Å². The van der Waals surface area contributed by atoms with Gasteiger partial charge in [0.1, 0.15) is 11.5 Å². The lowest BCUT2D eigenvalue weighted by atomic mass is 10.1.